The van der Waals surface area contributed by atoms with Crippen LogP contribution in [0.25, 0.3) is 0 Å². The summed E-state index contributed by atoms with van der Waals surface area (Å²) in [4.78, 5) is 0. The van der Waals surface area contributed by atoms with Crippen LogP contribution in [0.4, 0.5) is 0 Å². The maximum Gasteiger partial charge on any atom is 0.0705 e. The molecule has 0 aliphatic carbocycles. The Kier molecular flexibility index (Phi) is 2.43. The summed E-state index contributed by atoms with van der Waals surface area (Å²) in [6, 6.07) is 1.70. The van der Waals surface area contributed by atoms with Crippen LogP contribution in [0.2, 0.25) is 0 Å². The van der Waals surface area contributed by atoms with E-state index in [4.69, 9.17) is 10.8 Å². The average Bonchev–Trinajstić information content (AvgIpc) is 2.36. The second-order valence-electron chi connectivity index (χ2n) is 2.32. The van der Waals surface area contributed by atoms with Crippen LogP contribution in [-0.4, -0.2) is 11.2 Å². The van der Waals surface area contributed by atoms with Gasteiger partial charge in [-0.15, -0.1) is 0 Å². The van der Waals surface area contributed by atoms with E-state index >= 15 is 0 Å². The largest absolute Gasteiger partial charge is 0.391 e. The summed E-state index contributed by atoms with van der Waals surface area (Å²) in [6.07, 6.45) is -0.463. The minimum atomic E-state index is -0.463. The molecule has 0 unspecified atom stereocenters. The van der Waals surface area contributed by atoms with Crippen LogP contribution in [0, 0.1) is 0 Å². The van der Waals surface area contributed by atoms with E-state index in [1.807, 2.05) is 16.8 Å². The first-order valence-corrected chi connectivity index (χ1v) is 4.12. The standard InChI is InChI=1S/C7H11NOS/c1-5(9)7(8)6-2-3-10-4-6/h2-5,7,9H,8H2,1H3/t5-,7+/m0/s1. The number of aliphatic hydroxyl groups excluding tert-OH is 1. The summed E-state index contributed by atoms with van der Waals surface area (Å²) >= 11 is 1.59. The molecule has 2 nitrogen and oxygen atoms in total. The molecule has 2 atom stereocenters. The number of hydrogen-bond donors (Lipinski definition) is 2. The first-order chi connectivity index (χ1) is 4.72. The van der Waals surface area contributed by atoms with Gasteiger partial charge in [0.05, 0.1) is 12.1 Å². The lowest BCUT2D eigenvalue weighted by atomic mass is 10.1. The van der Waals surface area contributed by atoms with Gasteiger partial charge >= 0.3 is 0 Å². The van der Waals surface area contributed by atoms with Crippen LogP contribution >= 0.6 is 11.3 Å². The summed E-state index contributed by atoms with van der Waals surface area (Å²) < 4.78 is 0. The van der Waals surface area contributed by atoms with Crippen LogP contribution in [0.1, 0.15) is 18.5 Å². The lowest BCUT2D eigenvalue weighted by molar-refractivity contribution is 0.164. The lowest BCUT2D eigenvalue weighted by Crippen LogP contribution is -2.22. The number of rotatable bonds is 2. The van der Waals surface area contributed by atoms with Gasteiger partial charge in [0.15, 0.2) is 0 Å². The predicted molar refractivity (Wildman–Crippen MR) is 42.9 cm³/mol. The number of hydrogen-bond acceptors (Lipinski definition) is 3. The quantitative estimate of drug-likeness (QED) is 0.676. The molecular weight excluding hydrogens is 146 g/mol. The molecule has 3 heteroatoms. The first-order valence-electron chi connectivity index (χ1n) is 3.17. The highest BCUT2D eigenvalue weighted by atomic mass is 32.1. The van der Waals surface area contributed by atoms with Gasteiger partial charge in [-0.05, 0) is 29.3 Å². The summed E-state index contributed by atoms with van der Waals surface area (Å²) in [5.74, 6) is 0. The molecule has 0 saturated heterocycles. The van der Waals surface area contributed by atoms with Crippen molar-refractivity contribution in [2.45, 2.75) is 19.1 Å². The van der Waals surface area contributed by atoms with Gasteiger partial charge in [0.25, 0.3) is 0 Å². The van der Waals surface area contributed by atoms with E-state index in [1.165, 1.54) is 0 Å². The molecule has 0 saturated carbocycles. The van der Waals surface area contributed by atoms with Crippen LogP contribution < -0.4 is 5.73 Å². The van der Waals surface area contributed by atoms with E-state index in [0.717, 1.165) is 5.56 Å². The molecule has 0 radical (unpaired) electrons. The normalized spacial score (nSPS) is 16.7. The van der Waals surface area contributed by atoms with Crippen LogP contribution in [-0.2, 0) is 0 Å². The maximum absolute atomic E-state index is 9.07. The smallest absolute Gasteiger partial charge is 0.0705 e. The molecule has 56 valence electrons. The Morgan fingerprint density at radius 3 is 2.80 bits per heavy atom. The van der Waals surface area contributed by atoms with Crippen molar-refractivity contribution < 1.29 is 5.11 Å². The Bertz CT molecular complexity index is 183. The van der Waals surface area contributed by atoms with Crippen molar-refractivity contribution in [3.8, 4) is 0 Å². The zero-order valence-electron chi connectivity index (χ0n) is 5.82. The van der Waals surface area contributed by atoms with Crippen molar-refractivity contribution in [3.05, 3.63) is 22.4 Å². The third kappa shape index (κ3) is 1.56. The maximum atomic E-state index is 9.07. The molecule has 0 spiro atoms. The molecule has 0 fully saturated rings. The highest BCUT2D eigenvalue weighted by Gasteiger charge is 2.10. The van der Waals surface area contributed by atoms with Gasteiger partial charge in [0.1, 0.15) is 0 Å². The number of nitrogens with two attached hydrogens (primary N) is 1. The number of aliphatic hydroxyl groups is 1. The minimum Gasteiger partial charge on any atom is -0.391 e. The van der Waals surface area contributed by atoms with E-state index in [9.17, 15) is 0 Å². The van der Waals surface area contributed by atoms with E-state index in [1.54, 1.807) is 18.3 Å². The second kappa shape index (κ2) is 3.14. The summed E-state index contributed by atoms with van der Waals surface area (Å²) in [5.41, 5.74) is 6.65. The summed E-state index contributed by atoms with van der Waals surface area (Å²) in [5, 5.41) is 13.0. The zero-order chi connectivity index (χ0) is 7.56. The Labute approximate surface area is 64.3 Å². The predicted octanol–water partition coefficient (Wildman–Crippen LogP) is 1.13. The fraction of sp³-hybridized carbons (Fsp3) is 0.429. The molecule has 0 amide bonds. The van der Waals surface area contributed by atoms with Crippen LogP contribution in [0.15, 0.2) is 16.8 Å². The highest BCUT2D eigenvalue weighted by molar-refractivity contribution is 7.07. The molecule has 1 rings (SSSR count). The van der Waals surface area contributed by atoms with Crippen molar-refractivity contribution in [2.75, 3.05) is 0 Å². The molecule has 0 bridgehead atoms. The summed E-state index contributed by atoms with van der Waals surface area (Å²) in [6.45, 7) is 1.70. The van der Waals surface area contributed by atoms with E-state index in [-0.39, 0.29) is 6.04 Å². The summed E-state index contributed by atoms with van der Waals surface area (Å²) in [7, 11) is 0. The van der Waals surface area contributed by atoms with Gasteiger partial charge < -0.3 is 10.8 Å². The third-order valence-electron chi connectivity index (χ3n) is 1.45. The van der Waals surface area contributed by atoms with Crippen LogP contribution in [0.3, 0.4) is 0 Å². The van der Waals surface area contributed by atoms with Crippen molar-refractivity contribution in [2.24, 2.45) is 5.73 Å². The van der Waals surface area contributed by atoms with Crippen molar-refractivity contribution in [3.63, 3.8) is 0 Å². The monoisotopic (exact) mass is 157 g/mol. The highest BCUT2D eigenvalue weighted by Crippen LogP contribution is 2.16. The molecule has 0 aliphatic heterocycles. The van der Waals surface area contributed by atoms with Gasteiger partial charge in [-0.1, -0.05) is 0 Å². The van der Waals surface area contributed by atoms with Crippen LogP contribution in [0.5, 0.6) is 0 Å². The van der Waals surface area contributed by atoms with Crippen molar-refractivity contribution >= 4 is 11.3 Å². The van der Waals surface area contributed by atoms with Gasteiger partial charge in [0, 0.05) is 0 Å². The fourth-order valence-electron chi connectivity index (χ4n) is 0.743. The lowest BCUT2D eigenvalue weighted by Gasteiger charge is -2.11. The Morgan fingerprint density at radius 2 is 2.40 bits per heavy atom. The molecule has 0 aromatic carbocycles. The van der Waals surface area contributed by atoms with Gasteiger partial charge in [0.2, 0.25) is 0 Å². The average molecular weight is 157 g/mol. The molecule has 10 heavy (non-hydrogen) atoms. The molecule has 1 aromatic rings. The molecular formula is C7H11NOS. The van der Waals surface area contributed by atoms with E-state index < -0.39 is 6.10 Å². The third-order valence-corrected chi connectivity index (χ3v) is 2.15. The topological polar surface area (TPSA) is 46.2 Å². The first kappa shape index (κ1) is 7.72. The van der Waals surface area contributed by atoms with Crippen molar-refractivity contribution in [1.29, 1.82) is 0 Å². The van der Waals surface area contributed by atoms with Gasteiger partial charge in [-0.3, -0.25) is 0 Å². The molecule has 0 aliphatic rings. The number of thiophene rings is 1. The molecule has 1 heterocycles. The Morgan fingerprint density at radius 1 is 1.70 bits per heavy atom. The molecule has 1 aromatic heterocycles. The molecule has 3 N–H and O–H groups in total. The van der Waals surface area contributed by atoms with E-state index in [2.05, 4.69) is 0 Å². The van der Waals surface area contributed by atoms with Gasteiger partial charge in [-0.25, -0.2) is 0 Å². The van der Waals surface area contributed by atoms with Crippen molar-refractivity contribution in [1.82, 2.24) is 0 Å². The zero-order valence-corrected chi connectivity index (χ0v) is 6.64. The van der Waals surface area contributed by atoms with Gasteiger partial charge in [-0.2, -0.15) is 11.3 Å². The van der Waals surface area contributed by atoms with E-state index in [0.29, 0.717) is 0 Å². The Balaban J connectivity index is 2.68. The second-order valence-corrected chi connectivity index (χ2v) is 3.10. The fourth-order valence-corrected chi connectivity index (χ4v) is 1.45. The Hall–Kier alpha value is -0.380. The SMILES string of the molecule is C[C@H](O)[C@@H](N)c1ccsc1. The minimum absolute atomic E-state index is 0.230.